The van der Waals surface area contributed by atoms with Gasteiger partial charge < -0.3 is 9.47 Å². The lowest BCUT2D eigenvalue weighted by molar-refractivity contribution is -0.135. The fourth-order valence-corrected chi connectivity index (χ4v) is 1.36. The van der Waals surface area contributed by atoms with E-state index in [-0.39, 0.29) is 12.4 Å². The van der Waals surface area contributed by atoms with Gasteiger partial charge in [0.05, 0.1) is 13.0 Å². The van der Waals surface area contributed by atoms with Crippen LogP contribution in [-0.4, -0.2) is 19.7 Å². The third-order valence-electron chi connectivity index (χ3n) is 1.94. The first kappa shape index (κ1) is 11.7. The number of aryl methyl sites for hydroxylation is 2. The van der Waals surface area contributed by atoms with Crippen LogP contribution in [0.4, 0.5) is 0 Å². The first-order valence-electron chi connectivity index (χ1n) is 4.89. The van der Waals surface area contributed by atoms with Gasteiger partial charge in [-0.05, 0) is 37.1 Å². The normalized spacial score (nSPS) is 10.1. The van der Waals surface area contributed by atoms with Gasteiger partial charge in [0.15, 0.2) is 0 Å². The second kappa shape index (κ2) is 5.51. The van der Waals surface area contributed by atoms with Gasteiger partial charge in [0.2, 0.25) is 0 Å². The molecular weight excluding hydrogens is 192 g/mol. The molecule has 0 aliphatic carbocycles. The Bertz CT molecular complexity index is 324. The van der Waals surface area contributed by atoms with Gasteiger partial charge in [-0.1, -0.05) is 6.07 Å². The van der Waals surface area contributed by atoms with Crippen LogP contribution in [0, 0.1) is 13.8 Å². The van der Waals surface area contributed by atoms with Crippen molar-refractivity contribution in [2.45, 2.75) is 20.3 Å². The van der Waals surface area contributed by atoms with Gasteiger partial charge in [0.1, 0.15) is 5.75 Å². The number of hydrogen-bond acceptors (Lipinski definition) is 3. The number of methoxy groups -OCH3 is 1. The second-order valence-electron chi connectivity index (χ2n) is 3.54. The average molecular weight is 208 g/mol. The van der Waals surface area contributed by atoms with Crippen molar-refractivity contribution >= 4 is 5.97 Å². The molecule has 0 aliphatic rings. The van der Waals surface area contributed by atoms with Crippen molar-refractivity contribution in [3.05, 3.63) is 29.3 Å². The molecule has 0 heterocycles. The summed E-state index contributed by atoms with van der Waals surface area (Å²) < 4.78 is 9.96. The lowest BCUT2D eigenvalue weighted by atomic mass is 10.1. The Hall–Kier alpha value is -1.35. The Morgan fingerprint density at radius 2 is 1.80 bits per heavy atom. The van der Waals surface area contributed by atoms with Gasteiger partial charge in [-0.3, -0.25) is 4.79 Å². The highest BCUT2D eigenvalue weighted by molar-refractivity contribution is 5.72. The summed E-state index contributed by atoms with van der Waals surface area (Å²) in [4.78, 5) is 11.3. The van der Waals surface area contributed by atoms with Crippen LogP contribution in [0.5, 0.6) is 5.75 Å². The Morgan fingerprint density at radius 1 is 1.20 bits per heavy atom. The van der Waals surface area contributed by atoms with E-state index in [1.807, 2.05) is 32.0 Å². The number of benzene rings is 1. The molecule has 1 rings (SSSR count). The molecule has 0 aliphatic heterocycles. The van der Waals surface area contributed by atoms with Crippen molar-refractivity contribution in [1.82, 2.24) is 0 Å². The maximum atomic E-state index is 11.3. The van der Waals surface area contributed by atoms with E-state index >= 15 is 0 Å². The van der Waals surface area contributed by atoms with Crippen molar-refractivity contribution < 1.29 is 14.3 Å². The molecule has 0 unspecified atom stereocenters. The molecule has 82 valence electrons. The van der Waals surface area contributed by atoms with E-state index < -0.39 is 0 Å². The number of ether oxygens (including phenoxy) is 2. The number of carbonyl (C=O) groups is 1. The van der Waals surface area contributed by atoms with Crippen LogP contribution < -0.4 is 4.74 Å². The van der Waals surface area contributed by atoms with E-state index in [9.17, 15) is 4.79 Å². The molecule has 0 fully saturated rings. The van der Waals surface area contributed by atoms with Crippen LogP contribution in [0.3, 0.4) is 0 Å². The monoisotopic (exact) mass is 208 g/mol. The van der Waals surface area contributed by atoms with Gasteiger partial charge in [-0.2, -0.15) is 0 Å². The van der Waals surface area contributed by atoms with Gasteiger partial charge in [-0.25, -0.2) is 0 Å². The maximum Gasteiger partial charge on any atom is 0.313 e. The van der Waals surface area contributed by atoms with Gasteiger partial charge in [0.25, 0.3) is 0 Å². The fourth-order valence-electron chi connectivity index (χ4n) is 1.36. The number of esters is 1. The van der Waals surface area contributed by atoms with Crippen LogP contribution >= 0.6 is 0 Å². The fraction of sp³-hybridized carbons (Fsp3) is 0.417. The number of rotatable bonds is 4. The first-order chi connectivity index (χ1) is 7.11. The first-order valence-corrected chi connectivity index (χ1v) is 4.89. The molecule has 0 saturated carbocycles. The molecule has 0 saturated heterocycles. The molecule has 0 bridgehead atoms. The number of carbonyl (C=O) groups excluding carboxylic acids is 1. The molecule has 3 heteroatoms. The zero-order valence-corrected chi connectivity index (χ0v) is 9.37. The van der Waals surface area contributed by atoms with Crippen molar-refractivity contribution in [2.75, 3.05) is 13.7 Å². The molecule has 1 aromatic rings. The molecule has 0 amide bonds. The van der Waals surface area contributed by atoms with E-state index in [4.69, 9.17) is 9.47 Å². The lowest BCUT2D eigenvalue weighted by Gasteiger charge is -2.06. The lowest BCUT2D eigenvalue weighted by Crippen LogP contribution is -2.10. The van der Waals surface area contributed by atoms with Crippen LogP contribution in [0.25, 0.3) is 0 Å². The summed E-state index contributed by atoms with van der Waals surface area (Å²) in [7, 11) is 1.56. The van der Waals surface area contributed by atoms with E-state index in [0.717, 1.165) is 11.1 Å². The molecule has 0 atom stereocenters. The summed E-state index contributed by atoms with van der Waals surface area (Å²) in [5, 5.41) is 0. The summed E-state index contributed by atoms with van der Waals surface area (Å²) in [6.45, 7) is 4.34. The molecule has 0 N–H and O–H groups in total. The van der Waals surface area contributed by atoms with Crippen molar-refractivity contribution in [3.8, 4) is 5.75 Å². The van der Waals surface area contributed by atoms with Crippen LogP contribution in [0.2, 0.25) is 0 Å². The Balaban J connectivity index is 2.60. The minimum Gasteiger partial charge on any atom is -0.426 e. The second-order valence-corrected chi connectivity index (χ2v) is 3.54. The molecule has 15 heavy (non-hydrogen) atoms. The minimum absolute atomic E-state index is 0.262. The maximum absolute atomic E-state index is 11.3. The summed E-state index contributed by atoms with van der Waals surface area (Å²) in [5.41, 5.74) is 2.18. The average Bonchev–Trinajstić information content (AvgIpc) is 2.13. The molecule has 1 aromatic carbocycles. The Kier molecular flexibility index (Phi) is 4.31. The highest BCUT2D eigenvalue weighted by Crippen LogP contribution is 2.16. The van der Waals surface area contributed by atoms with Crippen molar-refractivity contribution in [2.24, 2.45) is 0 Å². The Morgan fingerprint density at radius 3 is 2.33 bits per heavy atom. The molecule has 0 radical (unpaired) electrons. The summed E-state index contributed by atoms with van der Waals surface area (Å²) in [5.74, 6) is 0.343. The predicted molar refractivity (Wildman–Crippen MR) is 58.0 cm³/mol. The number of hydrogen-bond donors (Lipinski definition) is 0. The van der Waals surface area contributed by atoms with Crippen LogP contribution in [0.15, 0.2) is 18.2 Å². The van der Waals surface area contributed by atoms with Gasteiger partial charge >= 0.3 is 5.97 Å². The summed E-state index contributed by atoms with van der Waals surface area (Å²) >= 11 is 0. The highest BCUT2D eigenvalue weighted by Gasteiger charge is 2.04. The largest absolute Gasteiger partial charge is 0.426 e. The van der Waals surface area contributed by atoms with E-state index in [2.05, 4.69) is 0 Å². The highest BCUT2D eigenvalue weighted by atomic mass is 16.5. The summed E-state index contributed by atoms with van der Waals surface area (Å²) in [6.07, 6.45) is 0.281. The van der Waals surface area contributed by atoms with E-state index in [1.54, 1.807) is 7.11 Å². The van der Waals surface area contributed by atoms with Gasteiger partial charge in [0, 0.05) is 7.11 Å². The van der Waals surface area contributed by atoms with Gasteiger partial charge in [-0.15, -0.1) is 0 Å². The molecule has 0 aromatic heterocycles. The summed E-state index contributed by atoms with van der Waals surface area (Å²) in [6, 6.07) is 5.72. The van der Waals surface area contributed by atoms with Crippen molar-refractivity contribution in [3.63, 3.8) is 0 Å². The molecular formula is C12H16O3. The molecule has 0 spiro atoms. The van der Waals surface area contributed by atoms with Crippen molar-refractivity contribution in [1.29, 1.82) is 0 Å². The van der Waals surface area contributed by atoms with Crippen LogP contribution in [-0.2, 0) is 9.53 Å². The Labute approximate surface area is 90.0 Å². The van der Waals surface area contributed by atoms with E-state index in [0.29, 0.717) is 12.4 Å². The zero-order valence-electron chi connectivity index (χ0n) is 9.37. The smallest absolute Gasteiger partial charge is 0.313 e. The van der Waals surface area contributed by atoms with Crippen LogP contribution in [0.1, 0.15) is 17.5 Å². The molecule has 3 nitrogen and oxygen atoms in total. The third-order valence-corrected chi connectivity index (χ3v) is 1.94. The van der Waals surface area contributed by atoms with E-state index in [1.165, 1.54) is 0 Å². The SMILES string of the molecule is COCCC(=O)Oc1cc(C)cc(C)c1. The minimum atomic E-state index is -0.262. The standard InChI is InChI=1S/C12H16O3/c1-9-6-10(2)8-11(7-9)15-12(13)4-5-14-3/h6-8H,4-5H2,1-3H3. The quantitative estimate of drug-likeness (QED) is 0.562. The topological polar surface area (TPSA) is 35.5 Å². The predicted octanol–water partition coefficient (Wildman–Crippen LogP) is 2.25. The third kappa shape index (κ3) is 4.13. The zero-order chi connectivity index (χ0) is 11.3.